The maximum absolute atomic E-state index is 12.1. The minimum Gasteiger partial charge on any atom is -0.370 e. The molecule has 2 heterocycles. The number of hydrogen-bond acceptors (Lipinski definition) is 5. The third-order valence-electron chi connectivity index (χ3n) is 5.71. The number of anilines is 1. The fraction of sp³-hybridized carbons (Fsp3) is 0.722. The molecule has 3 fully saturated rings. The van der Waals surface area contributed by atoms with E-state index in [1.165, 1.54) is 0 Å². The molecule has 6 nitrogen and oxygen atoms in total. The van der Waals surface area contributed by atoms with E-state index in [9.17, 15) is 4.79 Å². The van der Waals surface area contributed by atoms with Crippen LogP contribution in [0.3, 0.4) is 0 Å². The van der Waals surface area contributed by atoms with Crippen LogP contribution in [-0.4, -0.2) is 46.5 Å². The number of nitrogens with two attached hydrogens (primary N) is 1. The summed E-state index contributed by atoms with van der Waals surface area (Å²) in [6, 6.07) is 2.41. The van der Waals surface area contributed by atoms with Crippen LogP contribution in [0.1, 0.15) is 50.1 Å². The molecule has 4 rings (SSSR count). The first kappa shape index (κ1) is 21.2. The highest BCUT2D eigenvalue weighted by molar-refractivity contribution is 5.85. The molecule has 1 amide bonds. The number of likely N-dealkylation sites (tertiary alicyclic amines) is 1. The monoisotopic (exact) mass is 401 g/mol. The fourth-order valence-corrected chi connectivity index (χ4v) is 3.79. The molecule has 3 aliphatic rings. The summed E-state index contributed by atoms with van der Waals surface area (Å²) in [6.07, 6.45) is 8.08. The Kier molecular flexibility index (Phi) is 7.50. The van der Waals surface area contributed by atoms with E-state index in [-0.39, 0.29) is 24.8 Å². The number of aromatic nitrogens is 2. The molecular formula is C18H29Cl2N5O. The summed E-state index contributed by atoms with van der Waals surface area (Å²) in [5.74, 6) is 2.76. The number of hydrogen-bond donors (Lipinski definition) is 2. The lowest BCUT2D eigenvalue weighted by Gasteiger charge is -2.33. The SMILES string of the molecule is Cl.Cl.NC1CC(c2cc(NCC3CCN(C(=O)C4CC4)CC3)ncn2)C1. The molecular weight excluding hydrogens is 373 g/mol. The van der Waals surface area contributed by atoms with Gasteiger partial charge in [0.15, 0.2) is 0 Å². The van der Waals surface area contributed by atoms with Crippen LogP contribution in [0.2, 0.25) is 0 Å². The zero-order valence-corrected chi connectivity index (χ0v) is 16.6. The Morgan fingerprint density at radius 2 is 1.85 bits per heavy atom. The predicted molar refractivity (Wildman–Crippen MR) is 107 cm³/mol. The van der Waals surface area contributed by atoms with Gasteiger partial charge in [-0.2, -0.15) is 0 Å². The molecule has 0 unspecified atom stereocenters. The Labute approximate surface area is 167 Å². The number of nitrogens with zero attached hydrogens (tertiary/aromatic N) is 3. The number of carbonyl (C=O) groups excluding carboxylic acids is 1. The first-order valence-electron chi connectivity index (χ1n) is 9.29. The molecule has 2 aliphatic carbocycles. The summed E-state index contributed by atoms with van der Waals surface area (Å²) >= 11 is 0. The van der Waals surface area contributed by atoms with Crippen LogP contribution < -0.4 is 11.1 Å². The summed E-state index contributed by atoms with van der Waals surface area (Å²) in [5, 5.41) is 3.46. The van der Waals surface area contributed by atoms with Crippen molar-refractivity contribution in [3.05, 3.63) is 18.1 Å². The van der Waals surface area contributed by atoms with E-state index in [1.807, 2.05) is 0 Å². The normalized spacial score (nSPS) is 25.5. The van der Waals surface area contributed by atoms with E-state index in [2.05, 4.69) is 26.3 Å². The molecule has 1 aliphatic heterocycles. The fourth-order valence-electron chi connectivity index (χ4n) is 3.79. The third kappa shape index (κ3) is 4.99. The number of nitrogens with one attached hydrogen (secondary N) is 1. The number of halogens is 2. The van der Waals surface area contributed by atoms with Crippen LogP contribution in [0.5, 0.6) is 0 Å². The molecule has 8 heteroatoms. The van der Waals surface area contributed by atoms with E-state index >= 15 is 0 Å². The van der Waals surface area contributed by atoms with Gasteiger partial charge in [-0.25, -0.2) is 9.97 Å². The molecule has 146 valence electrons. The smallest absolute Gasteiger partial charge is 0.225 e. The molecule has 0 spiro atoms. The van der Waals surface area contributed by atoms with Crippen molar-refractivity contribution >= 4 is 36.5 Å². The van der Waals surface area contributed by atoms with Crippen molar-refractivity contribution in [1.82, 2.24) is 14.9 Å². The van der Waals surface area contributed by atoms with Crippen LogP contribution in [0.15, 0.2) is 12.4 Å². The van der Waals surface area contributed by atoms with E-state index in [1.54, 1.807) is 6.33 Å². The minimum absolute atomic E-state index is 0. The van der Waals surface area contributed by atoms with E-state index in [0.29, 0.717) is 29.7 Å². The zero-order valence-electron chi connectivity index (χ0n) is 15.0. The van der Waals surface area contributed by atoms with Gasteiger partial charge in [0.2, 0.25) is 5.91 Å². The Morgan fingerprint density at radius 3 is 2.46 bits per heavy atom. The van der Waals surface area contributed by atoms with E-state index < -0.39 is 0 Å². The highest BCUT2D eigenvalue weighted by Crippen LogP contribution is 2.35. The zero-order chi connectivity index (χ0) is 16.5. The molecule has 3 N–H and O–H groups in total. The number of carbonyl (C=O) groups is 1. The topological polar surface area (TPSA) is 84.1 Å². The first-order valence-corrected chi connectivity index (χ1v) is 9.29. The molecule has 1 aromatic heterocycles. The van der Waals surface area contributed by atoms with Gasteiger partial charge in [-0.3, -0.25) is 4.79 Å². The van der Waals surface area contributed by atoms with Crippen LogP contribution >= 0.6 is 24.8 Å². The summed E-state index contributed by atoms with van der Waals surface area (Å²) in [4.78, 5) is 22.9. The highest BCUT2D eigenvalue weighted by atomic mass is 35.5. The van der Waals surface area contributed by atoms with Crippen molar-refractivity contribution in [2.45, 2.75) is 50.5 Å². The molecule has 0 bridgehead atoms. The average molecular weight is 402 g/mol. The summed E-state index contributed by atoms with van der Waals surface area (Å²) < 4.78 is 0. The van der Waals surface area contributed by atoms with Crippen molar-refractivity contribution in [1.29, 1.82) is 0 Å². The molecule has 26 heavy (non-hydrogen) atoms. The molecule has 0 aromatic carbocycles. The Morgan fingerprint density at radius 1 is 1.15 bits per heavy atom. The summed E-state index contributed by atoms with van der Waals surface area (Å²) in [7, 11) is 0. The van der Waals surface area contributed by atoms with Gasteiger partial charge in [0.25, 0.3) is 0 Å². The lowest BCUT2D eigenvalue weighted by molar-refractivity contribution is -0.133. The lowest BCUT2D eigenvalue weighted by Crippen LogP contribution is -2.40. The lowest BCUT2D eigenvalue weighted by atomic mass is 9.78. The van der Waals surface area contributed by atoms with Crippen molar-refractivity contribution in [2.75, 3.05) is 25.0 Å². The summed E-state index contributed by atoms with van der Waals surface area (Å²) in [5.41, 5.74) is 6.98. The van der Waals surface area contributed by atoms with Gasteiger partial charge >= 0.3 is 0 Å². The molecule has 0 atom stereocenters. The molecule has 1 aromatic rings. The number of amides is 1. The largest absolute Gasteiger partial charge is 0.370 e. The molecule has 2 saturated carbocycles. The van der Waals surface area contributed by atoms with E-state index in [4.69, 9.17) is 5.73 Å². The summed E-state index contributed by atoms with van der Waals surface area (Å²) in [6.45, 7) is 2.75. The number of piperidine rings is 1. The molecule has 0 radical (unpaired) electrons. The minimum atomic E-state index is 0. The molecule has 1 saturated heterocycles. The number of rotatable bonds is 5. The van der Waals surface area contributed by atoms with Gasteiger partial charge in [0.1, 0.15) is 12.1 Å². The van der Waals surface area contributed by atoms with Crippen molar-refractivity contribution < 1.29 is 4.79 Å². The van der Waals surface area contributed by atoms with Gasteiger partial charge < -0.3 is 16.0 Å². The highest BCUT2D eigenvalue weighted by Gasteiger charge is 2.34. The Hall–Kier alpha value is -1.11. The van der Waals surface area contributed by atoms with Gasteiger partial charge in [0, 0.05) is 49.3 Å². The van der Waals surface area contributed by atoms with Crippen molar-refractivity contribution in [2.24, 2.45) is 17.6 Å². The van der Waals surface area contributed by atoms with Gasteiger partial charge in [-0.1, -0.05) is 0 Å². The Bertz CT molecular complexity index is 599. The van der Waals surface area contributed by atoms with Crippen LogP contribution in [0.4, 0.5) is 5.82 Å². The van der Waals surface area contributed by atoms with E-state index in [0.717, 1.165) is 69.7 Å². The van der Waals surface area contributed by atoms with Crippen molar-refractivity contribution in [3.8, 4) is 0 Å². The maximum atomic E-state index is 12.1. The second-order valence-corrected chi connectivity index (χ2v) is 7.68. The third-order valence-corrected chi connectivity index (χ3v) is 5.71. The standard InChI is InChI=1S/C18H27N5O.2ClH/c19-15-7-14(8-15)16-9-17(22-11-21-16)20-10-12-3-5-23(6-4-12)18(24)13-1-2-13;;/h9,11-15H,1-8,10,19H2,(H,20,21,22);2*1H. The van der Waals surface area contributed by atoms with Crippen LogP contribution in [0, 0.1) is 11.8 Å². The quantitative estimate of drug-likeness (QED) is 0.791. The second kappa shape index (κ2) is 9.20. The van der Waals surface area contributed by atoms with Gasteiger partial charge in [0.05, 0.1) is 0 Å². The first-order chi connectivity index (χ1) is 11.7. The predicted octanol–water partition coefficient (Wildman–Crippen LogP) is 2.59. The average Bonchev–Trinajstić information content (AvgIpc) is 3.42. The van der Waals surface area contributed by atoms with Crippen LogP contribution in [0.25, 0.3) is 0 Å². The van der Waals surface area contributed by atoms with Gasteiger partial charge in [-0.15, -0.1) is 24.8 Å². The van der Waals surface area contributed by atoms with Gasteiger partial charge in [-0.05, 0) is 44.4 Å². The Balaban J connectivity index is 0.00000121. The maximum Gasteiger partial charge on any atom is 0.225 e. The second-order valence-electron chi connectivity index (χ2n) is 7.68. The van der Waals surface area contributed by atoms with Crippen molar-refractivity contribution in [3.63, 3.8) is 0 Å². The van der Waals surface area contributed by atoms with Crippen LogP contribution in [-0.2, 0) is 4.79 Å².